The zero-order chi connectivity index (χ0) is 19.6. The number of carbonyl (C=O) groups excluding carboxylic acids is 1. The average Bonchev–Trinajstić information content (AvgIpc) is 2.72. The summed E-state index contributed by atoms with van der Waals surface area (Å²) in [6.45, 7) is 0.405. The van der Waals surface area contributed by atoms with Crippen molar-refractivity contribution < 1.29 is 14.3 Å². The quantitative estimate of drug-likeness (QED) is 0.414. The molecule has 28 heavy (non-hydrogen) atoms. The lowest BCUT2D eigenvalue weighted by molar-refractivity contribution is -0.123. The van der Waals surface area contributed by atoms with E-state index in [1.807, 2.05) is 66.7 Å². The van der Waals surface area contributed by atoms with Gasteiger partial charge in [0.25, 0.3) is 5.91 Å². The first-order chi connectivity index (χ1) is 13.7. The summed E-state index contributed by atoms with van der Waals surface area (Å²) in [5.41, 5.74) is 4.40. The second-order valence-electron chi connectivity index (χ2n) is 5.88. The third-order valence-corrected chi connectivity index (χ3v) is 4.19. The van der Waals surface area contributed by atoms with E-state index in [1.165, 1.54) is 0 Å². The zero-order valence-electron chi connectivity index (χ0n) is 15.0. The maximum absolute atomic E-state index is 11.8. The number of carbonyl (C=O) groups is 1. The highest BCUT2D eigenvalue weighted by molar-refractivity contribution is 9.10. The second-order valence-corrected chi connectivity index (χ2v) is 6.80. The number of hydrazone groups is 1. The van der Waals surface area contributed by atoms with E-state index in [9.17, 15) is 4.79 Å². The van der Waals surface area contributed by atoms with Gasteiger partial charge in [0.15, 0.2) is 6.61 Å². The third kappa shape index (κ3) is 6.55. The Bertz CT molecular complexity index is 928. The van der Waals surface area contributed by atoms with E-state index < -0.39 is 0 Å². The van der Waals surface area contributed by atoms with Crippen LogP contribution in [0.3, 0.4) is 0 Å². The molecule has 0 fully saturated rings. The highest BCUT2D eigenvalue weighted by Gasteiger charge is 2.02. The van der Waals surface area contributed by atoms with Crippen LogP contribution in [0, 0.1) is 0 Å². The molecule has 0 saturated heterocycles. The van der Waals surface area contributed by atoms with Crippen molar-refractivity contribution in [3.63, 3.8) is 0 Å². The molecule has 0 heterocycles. The highest BCUT2D eigenvalue weighted by atomic mass is 79.9. The molecule has 0 radical (unpaired) electrons. The Morgan fingerprint density at radius 1 is 0.929 bits per heavy atom. The number of hydrogen-bond donors (Lipinski definition) is 1. The van der Waals surface area contributed by atoms with Gasteiger partial charge < -0.3 is 9.47 Å². The summed E-state index contributed by atoms with van der Waals surface area (Å²) in [4.78, 5) is 11.8. The van der Waals surface area contributed by atoms with Gasteiger partial charge in [0, 0.05) is 4.47 Å². The van der Waals surface area contributed by atoms with E-state index in [2.05, 4.69) is 26.5 Å². The molecule has 1 N–H and O–H groups in total. The minimum Gasteiger partial charge on any atom is -0.489 e. The summed E-state index contributed by atoms with van der Waals surface area (Å²) < 4.78 is 12.0. The van der Waals surface area contributed by atoms with E-state index >= 15 is 0 Å². The number of nitrogens with one attached hydrogen (secondary N) is 1. The summed E-state index contributed by atoms with van der Waals surface area (Å²) in [5, 5.41) is 3.94. The van der Waals surface area contributed by atoms with Gasteiger partial charge in [-0.2, -0.15) is 5.10 Å². The van der Waals surface area contributed by atoms with Crippen molar-refractivity contribution in [1.82, 2.24) is 5.43 Å². The number of halogens is 1. The number of amides is 1. The minimum atomic E-state index is -0.334. The fraction of sp³-hybridized carbons (Fsp3) is 0.0909. The van der Waals surface area contributed by atoms with Crippen LogP contribution in [0.25, 0.3) is 0 Å². The summed E-state index contributed by atoms with van der Waals surface area (Å²) in [6.07, 6.45) is 1.57. The van der Waals surface area contributed by atoms with Crippen LogP contribution >= 0.6 is 15.9 Å². The summed E-state index contributed by atoms with van der Waals surface area (Å²) in [7, 11) is 0. The molecule has 0 aliphatic heterocycles. The van der Waals surface area contributed by atoms with Crippen LogP contribution in [0.2, 0.25) is 0 Å². The Morgan fingerprint density at radius 2 is 1.71 bits per heavy atom. The predicted molar refractivity (Wildman–Crippen MR) is 113 cm³/mol. The fourth-order valence-corrected chi connectivity index (χ4v) is 2.69. The Hall–Kier alpha value is -3.12. The lowest BCUT2D eigenvalue weighted by atomic mass is 10.2. The van der Waals surface area contributed by atoms with Gasteiger partial charge in [-0.05, 0) is 53.6 Å². The van der Waals surface area contributed by atoms with Gasteiger partial charge in [0.1, 0.15) is 18.1 Å². The average molecular weight is 439 g/mol. The monoisotopic (exact) mass is 438 g/mol. The molecule has 0 spiro atoms. The molecule has 0 aliphatic rings. The summed E-state index contributed by atoms with van der Waals surface area (Å²) >= 11 is 3.35. The molecule has 142 valence electrons. The fourth-order valence-electron chi connectivity index (χ4n) is 2.31. The molecular weight excluding hydrogens is 420 g/mol. The van der Waals surface area contributed by atoms with Gasteiger partial charge >= 0.3 is 0 Å². The van der Waals surface area contributed by atoms with E-state index in [0.717, 1.165) is 21.3 Å². The van der Waals surface area contributed by atoms with Crippen LogP contribution < -0.4 is 14.9 Å². The number of hydrogen-bond acceptors (Lipinski definition) is 4. The number of benzene rings is 3. The topological polar surface area (TPSA) is 59.9 Å². The SMILES string of the molecule is O=C(COc1cccc(Br)c1)N/N=C/c1ccc(OCc2ccccc2)cc1. The van der Waals surface area contributed by atoms with Gasteiger partial charge in [-0.25, -0.2) is 5.43 Å². The van der Waals surface area contributed by atoms with Crippen LogP contribution in [-0.4, -0.2) is 18.7 Å². The molecule has 5 nitrogen and oxygen atoms in total. The predicted octanol–water partition coefficient (Wildman–Crippen LogP) is 4.56. The minimum absolute atomic E-state index is 0.111. The van der Waals surface area contributed by atoms with Crippen LogP contribution in [0.5, 0.6) is 11.5 Å². The zero-order valence-corrected chi connectivity index (χ0v) is 16.6. The number of ether oxygens (including phenoxy) is 2. The van der Waals surface area contributed by atoms with Gasteiger partial charge in [-0.15, -0.1) is 0 Å². The van der Waals surface area contributed by atoms with Crippen LogP contribution in [-0.2, 0) is 11.4 Å². The summed E-state index contributed by atoms with van der Waals surface area (Å²) in [6, 6.07) is 24.7. The Labute approximate surface area is 172 Å². The molecule has 0 atom stereocenters. The van der Waals surface area contributed by atoms with Crippen molar-refractivity contribution in [2.75, 3.05) is 6.61 Å². The largest absolute Gasteiger partial charge is 0.489 e. The summed E-state index contributed by atoms with van der Waals surface area (Å²) in [5.74, 6) is 1.05. The first-order valence-corrected chi connectivity index (χ1v) is 9.45. The van der Waals surface area contributed by atoms with Gasteiger partial charge in [0.2, 0.25) is 0 Å². The molecule has 0 aliphatic carbocycles. The molecular formula is C22H19BrN2O3. The lowest BCUT2D eigenvalue weighted by Gasteiger charge is -2.06. The van der Waals surface area contributed by atoms with Crippen molar-refractivity contribution in [1.29, 1.82) is 0 Å². The van der Waals surface area contributed by atoms with E-state index in [-0.39, 0.29) is 12.5 Å². The molecule has 0 unspecified atom stereocenters. The molecule has 3 rings (SSSR count). The van der Waals surface area contributed by atoms with E-state index in [1.54, 1.807) is 18.3 Å². The van der Waals surface area contributed by atoms with E-state index in [0.29, 0.717) is 12.4 Å². The van der Waals surface area contributed by atoms with Gasteiger partial charge in [-0.3, -0.25) is 4.79 Å². The smallest absolute Gasteiger partial charge is 0.277 e. The lowest BCUT2D eigenvalue weighted by Crippen LogP contribution is -2.24. The molecule has 0 saturated carbocycles. The second kappa shape index (κ2) is 10.3. The van der Waals surface area contributed by atoms with Crippen molar-refractivity contribution in [3.05, 3.63) is 94.5 Å². The highest BCUT2D eigenvalue weighted by Crippen LogP contribution is 2.17. The van der Waals surface area contributed by atoms with Crippen molar-refractivity contribution in [3.8, 4) is 11.5 Å². The number of rotatable bonds is 8. The standard InChI is InChI=1S/C22H19BrN2O3/c23-19-7-4-8-21(13-19)28-16-22(26)25-24-14-17-9-11-20(12-10-17)27-15-18-5-2-1-3-6-18/h1-14H,15-16H2,(H,25,26)/b24-14+. The van der Waals surface area contributed by atoms with Crippen LogP contribution in [0.1, 0.15) is 11.1 Å². The van der Waals surface area contributed by atoms with Gasteiger partial charge in [0.05, 0.1) is 6.21 Å². The molecule has 3 aromatic carbocycles. The van der Waals surface area contributed by atoms with Crippen molar-refractivity contribution in [2.24, 2.45) is 5.10 Å². The Balaban J connectivity index is 1.42. The molecule has 6 heteroatoms. The molecule has 1 amide bonds. The third-order valence-electron chi connectivity index (χ3n) is 3.70. The maximum Gasteiger partial charge on any atom is 0.277 e. The van der Waals surface area contributed by atoms with Crippen molar-refractivity contribution in [2.45, 2.75) is 6.61 Å². The number of nitrogens with zero attached hydrogens (tertiary/aromatic N) is 1. The van der Waals surface area contributed by atoms with E-state index in [4.69, 9.17) is 9.47 Å². The van der Waals surface area contributed by atoms with Gasteiger partial charge in [-0.1, -0.05) is 52.3 Å². The first-order valence-electron chi connectivity index (χ1n) is 8.66. The van der Waals surface area contributed by atoms with Crippen molar-refractivity contribution >= 4 is 28.1 Å². The first kappa shape index (κ1) is 19.6. The Kier molecular flexibility index (Phi) is 7.21. The molecule has 0 bridgehead atoms. The Morgan fingerprint density at radius 3 is 2.46 bits per heavy atom. The normalized spacial score (nSPS) is 10.6. The molecule has 0 aromatic heterocycles. The molecule has 3 aromatic rings. The maximum atomic E-state index is 11.8. The van der Waals surface area contributed by atoms with Crippen LogP contribution in [0.4, 0.5) is 0 Å². The van der Waals surface area contributed by atoms with Crippen LogP contribution in [0.15, 0.2) is 88.4 Å².